The van der Waals surface area contributed by atoms with Crippen LogP contribution in [0.15, 0.2) is 53.1 Å². The van der Waals surface area contributed by atoms with E-state index >= 15 is 0 Å². The Morgan fingerprint density at radius 3 is 2.78 bits per heavy atom. The molecule has 140 valence electrons. The number of nitrogens with zero attached hydrogens (tertiary/aromatic N) is 2. The molecule has 2 aromatic carbocycles. The van der Waals surface area contributed by atoms with Crippen LogP contribution in [0.1, 0.15) is 17.9 Å². The summed E-state index contributed by atoms with van der Waals surface area (Å²) >= 11 is 0. The third-order valence-electron chi connectivity index (χ3n) is 4.01. The summed E-state index contributed by atoms with van der Waals surface area (Å²) in [7, 11) is 1.62. The second-order valence-electron chi connectivity index (χ2n) is 5.97. The van der Waals surface area contributed by atoms with E-state index in [1.165, 1.54) is 12.1 Å². The molecule has 27 heavy (non-hydrogen) atoms. The molecule has 0 bridgehead atoms. The number of amides is 1. The number of rotatable bonds is 8. The van der Waals surface area contributed by atoms with Gasteiger partial charge in [0, 0.05) is 24.9 Å². The van der Waals surface area contributed by atoms with Crippen molar-refractivity contribution < 1.29 is 18.4 Å². The van der Waals surface area contributed by atoms with Crippen molar-refractivity contribution >= 4 is 5.91 Å². The van der Waals surface area contributed by atoms with Gasteiger partial charge in [-0.15, -0.1) is 0 Å². The van der Waals surface area contributed by atoms with Gasteiger partial charge in [-0.3, -0.25) is 4.79 Å². The van der Waals surface area contributed by atoms with Crippen LogP contribution < -0.4 is 10.1 Å². The number of halogens is 1. The standard InChI is InChI=1S/C20H20FN3O3/c1-26-17-4-2-3-14(13-17)11-12-22-18(25)9-10-19-23-20(24-27-19)15-5-7-16(21)8-6-15/h2-8,13H,9-12H2,1H3,(H,22,25). The summed E-state index contributed by atoms with van der Waals surface area (Å²) in [4.78, 5) is 16.2. The summed E-state index contributed by atoms with van der Waals surface area (Å²) in [5.74, 6) is 1.14. The SMILES string of the molecule is COc1cccc(CCNC(=O)CCc2nc(-c3ccc(F)cc3)no2)c1. The number of aryl methyl sites for hydroxylation is 1. The number of carbonyl (C=O) groups is 1. The van der Waals surface area contributed by atoms with Crippen molar-refractivity contribution in [3.8, 4) is 17.1 Å². The fourth-order valence-electron chi connectivity index (χ4n) is 2.56. The van der Waals surface area contributed by atoms with Crippen LogP contribution in [-0.4, -0.2) is 29.7 Å². The molecule has 0 spiro atoms. The summed E-state index contributed by atoms with van der Waals surface area (Å²) in [6.07, 6.45) is 1.32. The Morgan fingerprint density at radius 1 is 1.19 bits per heavy atom. The third kappa shape index (κ3) is 5.37. The van der Waals surface area contributed by atoms with Crippen LogP contribution in [-0.2, 0) is 17.6 Å². The maximum Gasteiger partial charge on any atom is 0.227 e. The Labute approximate surface area is 156 Å². The molecule has 0 aliphatic rings. The third-order valence-corrected chi connectivity index (χ3v) is 4.01. The number of carbonyl (C=O) groups excluding carboxylic acids is 1. The molecule has 3 rings (SSSR count). The molecular formula is C20H20FN3O3. The average Bonchev–Trinajstić information content (AvgIpc) is 3.16. The Balaban J connectivity index is 1.43. The Hall–Kier alpha value is -3.22. The van der Waals surface area contributed by atoms with Crippen molar-refractivity contribution in [1.82, 2.24) is 15.5 Å². The van der Waals surface area contributed by atoms with Gasteiger partial charge in [0.25, 0.3) is 0 Å². The monoisotopic (exact) mass is 369 g/mol. The zero-order valence-electron chi connectivity index (χ0n) is 14.9. The minimum absolute atomic E-state index is 0.0839. The van der Waals surface area contributed by atoms with Gasteiger partial charge in [-0.25, -0.2) is 4.39 Å². The first-order valence-electron chi connectivity index (χ1n) is 8.62. The van der Waals surface area contributed by atoms with Crippen LogP contribution in [0.3, 0.4) is 0 Å². The lowest BCUT2D eigenvalue weighted by Crippen LogP contribution is -2.25. The number of methoxy groups -OCH3 is 1. The van der Waals surface area contributed by atoms with Crippen LogP contribution in [0.2, 0.25) is 0 Å². The summed E-state index contributed by atoms with van der Waals surface area (Å²) in [5.41, 5.74) is 1.75. The highest BCUT2D eigenvalue weighted by molar-refractivity contribution is 5.76. The van der Waals surface area contributed by atoms with Crippen molar-refractivity contribution in [2.24, 2.45) is 0 Å². The maximum atomic E-state index is 13.0. The lowest BCUT2D eigenvalue weighted by Gasteiger charge is -2.06. The Kier molecular flexibility index (Phi) is 6.14. The van der Waals surface area contributed by atoms with Crippen LogP contribution >= 0.6 is 0 Å². The van der Waals surface area contributed by atoms with Crippen LogP contribution in [0.25, 0.3) is 11.4 Å². The van der Waals surface area contributed by atoms with Crippen molar-refractivity contribution in [1.29, 1.82) is 0 Å². The van der Waals surface area contributed by atoms with Crippen molar-refractivity contribution in [3.63, 3.8) is 0 Å². The van der Waals surface area contributed by atoms with Gasteiger partial charge in [-0.2, -0.15) is 4.98 Å². The molecule has 0 aliphatic heterocycles. The normalized spacial score (nSPS) is 10.6. The quantitative estimate of drug-likeness (QED) is 0.660. The second-order valence-corrected chi connectivity index (χ2v) is 5.97. The van der Waals surface area contributed by atoms with Gasteiger partial charge < -0.3 is 14.6 Å². The summed E-state index contributed by atoms with van der Waals surface area (Å²) in [5, 5.41) is 6.73. The molecule has 1 amide bonds. The molecule has 3 aromatic rings. The van der Waals surface area contributed by atoms with E-state index in [-0.39, 0.29) is 18.1 Å². The molecule has 0 aliphatic carbocycles. The van der Waals surface area contributed by atoms with Gasteiger partial charge >= 0.3 is 0 Å². The summed E-state index contributed by atoms with van der Waals surface area (Å²) < 4.78 is 23.3. The number of benzene rings is 2. The first-order valence-corrected chi connectivity index (χ1v) is 8.62. The van der Waals surface area contributed by atoms with Gasteiger partial charge in [-0.1, -0.05) is 17.3 Å². The molecule has 1 aromatic heterocycles. The number of ether oxygens (including phenoxy) is 1. The number of hydrogen-bond acceptors (Lipinski definition) is 5. The highest BCUT2D eigenvalue weighted by Crippen LogP contribution is 2.16. The van der Waals surface area contributed by atoms with E-state index in [1.54, 1.807) is 19.2 Å². The van der Waals surface area contributed by atoms with E-state index < -0.39 is 0 Å². The lowest BCUT2D eigenvalue weighted by molar-refractivity contribution is -0.121. The molecule has 0 atom stereocenters. The van der Waals surface area contributed by atoms with Crippen molar-refractivity contribution in [2.75, 3.05) is 13.7 Å². The Bertz CT molecular complexity index is 893. The fraction of sp³-hybridized carbons (Fsp3) is 0.250. The summed E-state index contributed by atoms with van der Waals surface area (Å²) in [6.45, 7) is 0.538. The zero-order valence-corrected chi connectivity index (χ0v) is 14.9. The highest BCUT2D eigenvalue weighted by Gasteiger charge is 2.10. The summed E-state index contributed by atoms with van der Waals surface area (Å²) in [6, 6.07) is 13.6. The van der Waals surface area contributed by atoms with E-state index in [4.69, 9.17) is 9.26 Å². The molecule has 0 saturated heterocycles. The highest BCUT2D eigenvalue weighted by atomic mass is 19.1. The second kappa shape index (κ2) is 8.93. The van der Waals surface area contributed by atoms with E-state index in [0.717, 1.165) is 17.7 Å². The van der Waals surface area contributed by atoms with Gasteiger partial charge in [0.05, 0.1) is 7.11 Å². The predicted octanol–water partition coefficient (Wildman–Crippen LogP) is 3.18. The van der Waals surface area contributed by atoms with Crippen LogP contribution in [0, 0.1) is 5.82 Å². The van der Waals surface area contributed by atoms with Gasteiger partial charge in [0.1, 0.15) is 11.6 Å². The Morgan fingerprint density at radius 2 is 2.00 bits per heavy atom. The average molecular weight is 369 g/mol. The van der Waals surface area contributed by atoms with Crippen LogP contribution in [0.5, 0.6) is 5.75 Å². The zero-order chi connectivity index (χ0) is 19.1. The van der Waals surface area contributed by atoms with E-state index in [2.05, 4.69) is 15.5 Å². The molecule has 0 unspecified atom stereocenters. The maximum absolute atomic E-state index is 13.0. The number of hydrogen-bond donors (Lipinski definition) is 1. The molecule has 7 heteroatoms. The first-order chi connectivity index (χ1) is 13.1. The molecule has 1 N–H and O–H groups in total. The molecule has 0 saturated carbocycles. The minimum Gasteiger partial charge on any atom is -0.497 e. The molecule has 1 heterocycles. The molecular weight excluding hydrogens is 349 g/mol. The van der Waals surface area contributed by atoms with Gasteiger partial charge in [0.2, 0.25) is 17.6 Å². The topological polar surface area (TPSA) is 77.2 Å². The largest absolute Gasteiger partial charge is 0.497 e. The predicted molar refractivity (Wildman–Crippen MR) is 97.7 cm³/mol. The van der Waals surface area contributed by atoms with Crippen molar-refractivity contribution in [3.05, 3.63) is 65.8 Å². The van der Waals surface area contributed by atoms with E-state index in [1.807, 2.05) is 24.3 Å². The molecule has 0 radical (unpaired) electrons. The number of nitrogens with one attached hydrogen (secondary N) is 1. The fourth-order valence-corrected chi connectivity index (χ4v) is 2.56. The van der Waals surface area contributed by atoms with E-state index in [0.29, 0.717) is 30.2 Å². The first kappa shape index (κ1) is 18.6. The van der Waals surface area contributed by atoms with Crippen molar-refractivity contribution in [2.45, 2.75) is 19.3 Å². The molecule has 6 nitrogen and oxygen atoms in total. The van der Waals surface area contributed by atoms with Gasteiger partial charge in [0.15, 0.2) is 0 Å². The number of aromatic nitrogens is 2. The van der Waals surface area contributed by atoms with Gasteiger partial charge in [-0.05, 0) is 48.4 Å². The lowest BCUT2D eigenvalue weighted by atomic mass is 10.1. The van der Waals surface area contributed by atoms with Crippen LogP contribution in [0.4, 0.5) is 4.39 Å². The smallest absolute Gasteiger partial charge is 0.227 e. The molecule has 0 fully saturated rings. The minimum atomic E-state index is -0.326. The van der Waals surface area contributed by atoms with E-state index in [9.17, 15) is 9.18 Å².